The second kappa shape index (κ2) is 10.3. The van der Waals surface area contributed by atoms with Crippen LogP contribution in [0.2, 0.25) is 0 Å². The molecule has 27 heavy (non-hydrogen) atoms. The van der Waals surface area contributed by atoms with Crippen LogP contribution in [0.1, 0.15) is 44.2 Å². The third-order valence-electron chi connectivity index (χ3n) is 4.34. The highest BCUT2D eigenvalue weighted by atomic mass is 16.1. The van der Waals surface area contributed by atoms with E-state index in [1.165, 1.54) is 5.56 Å². The van der Waals surface area contributed by atoms with Crippen LogP contribution in [0.4, 0.5) is 5.82 Å². The Morgan fingerprint density at radius 1 is 1.15 bits per heavy atom. The molecule has 3 rings (SSSR count). The lowest BCUT2D eigenvalue weighted by Gasteiger charge is -2.07. The Morgan fingerprint density at radius 2 is 1.96 bits per heavy atom. The van der Waals surface area contributed by atoms with Crippen molar-refractivity contribution in [3.8, 4) is 5.69 Å². The molecule has 0 aromatic carbocycles. The predicted molar refractivity (Wildman–Crippen MR) is 111 cm³/mol. The zero-order valence-electron chi connectivity index (χ0n) is 16.4. The second-order valence-corrected chi connectivity index (χ2v) is 6.22. The maximum absolute atomic E-state index is 10.2. The Balaban J connectivity index is 0.00000126. The Hall–Kier alpha value is -2.89. The third-order valence-corrected chi connectivity index (χ3v) is 4.34. The lowest BCUT2D eigenvalue weighted by Crippen LogP contribution is -2.11. The molecular formula is C21H29N5O. The van der Waals surface area contributed by atoms with E-state index < -0.39 is 0 Å². The van der Waals surface area contributed by atoms with E-state index in [0.717, 1.165) is 60.9 Å². The average molecular weight is 367 g/mol. The summed E-state index contributed by atoms with van der Waals surface area (Å²) in [5.41, 5.74) is 9.88. The molecule has 3 N–H and O–H groups in total. The Labute approximate surface area is 160 Å². The number of hydrogen-bond donors (Lipinski definition) is 2. The number of rotatable bonds is 8. The average Bonchev–Trinajstić information content (AvgIpc) is 3.11. The van der Waals surface area contributed by atoms with Gasteiger partial charge in [-0.05, 0) is 55.5 Å². The van der Waals surface area contributed by atoms with Crippen LogP contribution in [-0.4, -0.2) is 27.5 Å². The van der Waals surface area contributed by atoms with Gasteiger partial charge < -0.3 is 11.1 Å². The van der Waals surface area contributed by atoms with Gasteiger partial charge in [-0.3, -0.25) is 9.36 Å². The maximum atomic E-state index is 10.2. The molecule has 0 saturated heterocycles. The molecule has 0 atom stereocenters. The van der Waals surface area contributed by atoms with E-state index in [2.05, 4.69) is 27.4 Å². The standard InChI is InChI=1S/C19H23N5O.C2H6/c1-14-9-17(12-22-18(14)20)24-8-6-16-10-15(11-23-19(16)24)5-3-2-4-7-21-13-25;1-2/h6,8-13H,2-5,7H2,1H3,(H2,20,22)(H,21,25);1-2H3. The van der Waals surface area contributed by atoms with Crippen molar-refractivity contribution in [2.24, 2.45) is 0 Å². The molecule has 144 valence electrons. The minimum atomic E-state index is 0.554. The normalized spacial score (nSPS) is 10.3. The number of unbranched alkanes of at least 4 members (excludes halogenated alkanes) is 2. The summed E-state index contributed by atoms with van der Waals surface area (Å²) in [5.74, 6) is 0.554. The summed E-state index contributed by atoms with van der Waals surface area (Å²) in [7, 11) is 0. The number of carbonyl (C=O) groups is 1. The molecule has 3 aromatic heterocycles. The van der Waals surface area contributed by atoms with Crippen molar-refractivity contribution in [1.29, 1.82) is 0 Å². The number of hydrogen-bond acceptors (Lipinski definition) is 4. The van der Waals surface area contributed by atoms with Gasteiger partial charge in [0, 0.05) is 24.3 Å². The van der Waals surface area contributed by atoms with Gasteiger partial charge in [0.25, 0.3) is 0 Å². The number of nitrogens with two attached hydrogens (primary N) is 1. The van der Waals surface area contributed by atoms with E-state index in [-0.39, 0.29) is 0 Å². The predicted octanol–water partition coefficient (Wildman–Crippen LogP) is 3.80. The molecule has 0 aliphatic rings. The molecular weight excluding hydrogens is 338 g/mol. The van der Waals surface area contributed by atoms with E-state index in [0.29, 0.717) is 5.82 Å². The van der Waals surface area contributed by atoms with Gasteiger partial charge in [-0.1, -0.05) is 20.3 Å². The van der Waals surface area contributed by atoms with E-state index >= 15 is 0 Å². The molecule has 3 heterocycles. The Bertz CT molecular complexity index is 872. The van der Waals surface area contributed by atoms with Gasteiger partial charge in [-0.25, -0.2) is 9.97 Å². The largest absolute Gasteiger partial charge is 0.383 e. The van der Waals surface area contributed by atoms with Gasteiger partial charge in [0.05, 0.1) is 11.9 Å². The summed E-state index contributed by atoms with van der Waals surface area (Å²) < 4.78 is 2.03. The van der Waals surface area contributed by atoms with Crippen LogP contribution >= 0.6 is 0 Å². The summed E-state index contributed by atoms with van der Waals surface area (Å²) in [5, 5.41) is 3.81. The molecule has 0 radical (unpaired) electrons. The first-order chi connectivity index (χ1) is 13.2. The van der Waals surface area contributed by atoms with E-state index in [1.54, 1.807) is 6.20 Å². The number of nitrogens with zero attached hydrogens (tertiary/aromatic N) is 3. The van der Waals surface area contributed by atoms with Crippen molar-refractivity contribution in [3.05, 3.63) is 47.9 Å². The molecule has 0 fully saturated rings. The van der Waals surface area contributed by atoms with Gasteiger partial charge in [0.2, 0.25) is 6.41 Å². The molecule has 0 aliphatic heterocycles. The number of amides is 1. The summed E-state index contributed by atoms with van der Waals surface area (Å²) in [4.78, 5) is 19.1. The lowest BCUT2D eigenvalue weighted by atomic mass is 10.1. The van der Waals surface area contributed by atoms with Crippen LogP contribution in [0.25, 0.3) is 16.7 Å². The smallest absolute Gasteiger partial charge is 0.207 e. The first-order valence-electron chi connectivity index (χ1n) is 9.54. The molecule has 0 bridgehead atoms. The third kappa shape index (κ3) is 5.29. The van der Waals surface area contributed by atoms with Gasteiger partial charge >= 0.3 is 0 Å². The van der Waals surface area contributed by atoms with Crippen LogP contribution in [0.15, 0.2) is 36.8 Å². The topological polar surface area (TPSA) is 85.8 Å². The van der Waals surface area contributed by atoms with E-state index in [1.807, 2.05) is 43.8 Å². The second-order valence-electron chi connectivity index (χ2n) is 6.22. The zero-order chi connectivity index (χ0) is 19.6. The number of fused-ring (bicyclic) bond motifs is 1. The number of nitrogen functional groups attached to an aromatic ring is 1. The highest BCUT2D eigenvalue weighted by Gasteiger charge is 2.07. The molecule has 0 unspecified atom stereocenters. The van der Waals surface area contributed by atoms with Crippen molar-refractivity contribution >= 4 is 23.3 Å². The van der Waals surface area contributed by atoms with Crippen LogP contribution in [-0.2, 0) is 11.2 Å². The fraction of sp³-hybridized carbons (Fsp3) is 0.381. The number of carbonyl (C=O) groups excluding carboxylic acids is 1. The monoisotopic (exact) mass is 367 g/mol. The molecule has 1 amide bonds. The van der Waals surface area contributed by atoms with Gasteiger partial charge in [0.1, 0.15) is 11.5 Å². The number of aromatic nitrogens is 3. The summed E-state index contributed by atoms with van der Waals surface area (Å²) in [6.45, 7) is 6.70. The molecule has 0 saturated carbocycles. The fourth-order valence-electron chi connectivity index (χ4n) is 2.91. The number of pyridine rings is 2. The van der Waals surface area contributed by atoms with Crippen molar-refractivity contribution in [3.63, 3.8) is 0 Å². The SMILES string of the molecule is CC.Cc1cc(-n2ccc3cc(CCCCCNC=O)cnc32)cnc1N. The lowest BCUT2D eigenvalue weighted by molar-refractivity contribution is -0.109. The minimum Gasteiger partial charge on any atom is -0.383 e. The molecule has 6 nitrogen and oxygen atoms in total. The first kappa shape index (κ1) is 20.4. The molecule has 3 aromatic rings. The Kier molecular flexibility index (Phi) is 7.79. The van der Waals surface area contributed by atoms with Gasteiger partial charge in [-0.2, -0.15) is 0 Å². The van der Waals surface area contributed by atoms with Crippen molar-refractivity contribution < 1.29 is 4.79 Å². The molecule has 6 heteroatoms. The van der Waals surface area contributed by atoms with Gasteiger partial charge in [0.15, 0.2) is 0 Å². The first-order valence-corrected chi connectivity index (χ1v) is 9.54. The van der Waals surface area contributed by atoms with Crippen LogP contribution in [0.5, 0.6) is 0 Å². The van der Waals surface area contributed by atoms with Gasteiger partial charge in [-0.15, -0.1) is 0 Å². The highest BCUT2D eigenvalue weighted by molar-refractivity contribution is 5.78. The van der Waals surface area contributed by atoms with E-state index in [4.69, 9.17) is 5.73 Å². The molecule has 0 aliphatic carbocycles. The number of aryl methyl sites for hydroxylation is 2. The number of anilines is 1. The molecule has 0 spiro atoms. The highest BCUT2D eigenvalue weighted by Crippen LogP contribution is 2.21. The van der Waals surface area contributed by atoms with Crippen molar-refractivity contribution in [1.82, 2.24) is 19.9 Å². The quantitative estimate of drug-likeness (QED) is 0.468. The fourth-order valence-corrected chi connectivity index (χ4v) is 2.91. The van der Waals surface area contributed by atoms with E-state index in [9.17, 15) is 4.79 Å². The number of nitrogens with one attached hydrogen (secondary N) is 1. The van der Waals surface area contributed by atoms with Crippen molar-refractivity contribution in [2.75, 3.05) is 12.3 Å². The summed E-state index contributed by atoms with van der Waals surface area (Å²) in [6.07, 6.45) is 10.7. The van der Waals surface area contributed by atoms with Crippen LogP contribution in [0.3, 0.4) is 0 Å². The van der Waals surface area contributed by atoms with Crippen molar-refractivity contribution in [2.45, 2.75) is 46.5 Å². The zero-order valence-corrected chi connectivity index (χ0v) is 16.4. The minimum absolute atomic E-state index is 0.554. The summed E-state index contributed by atoms with van der Waals surface area (Å²) in [6, 6.07) is 6.29. The maximum Gasteiger partial charge on any atom is 0.207 e. The Morgan fingerprint density at radius 3 is 2.70 bits per heavy atom. The summed E-state index contributed by atoms with van der Waals surface area (Å²) >= 11 is 0. The van der Waals surface area contributed by atoms with Crippen LogP contribution in [0, 0.1) is 6.92 Å². The van der Waals surface area contributed by atoms with Crippen LogP contribution < -0.4 is 11.1 Å².